The van der Waals surface area contributed by atoms with Crippen LogP contribution in [0, 0.1) is 35.5 Å². The first kappa shape index (κ1) is 44.3. The molecule has 11 heteroatoms. The number of carbonyl (C=O) groups is 4. The molecule has 0 unspecified atom stereocenters. The fraction of sp³-hybridized carbons (Fsp3) is 0.471. The highest BCUT2D eigenvalue weighted by Crippen LogP contribution is 2.43. The van der Waals surface area contributed by atoms with E-state index in [0.29, 0.717) is 72.3 Å². The largest absolute Gasteiger partial charge is 0.490 e. The van der Waals surface area contributed by atoms with Gasteiger partial charge in [0.2, 0.25) is 0 Å². The third-order valence-corrected chi connectivity index (χ3v) is 13.3. The van der Waals surface area contributed by atoms with Crippen molar-refractivity contribution in [3.63, 3.8) is 0 Å². The maximum Gasteiger partial charge on any atom is 0.372 e. The summed E-state index contributed by atoms with van der Waals surface area (Å²) in [5.41, 5.74) is 4.39. The number of unbranched alkanes of at least 4 members (excludes halogenated alkanes) is 1. The first-order chi connectivity index (χ1) is 30.2. The number of hydrogen-bond donors (Lipinski definition) is 1. The smallest absolute Gasteiger partial charge is 0.372 e. The van der Waals surface area contributed by atoms with E-state index >= 15 is 0 Å². The normalized spacial score (nSPS) is 22.7. The Morgan fingerprint density at radius 3 is 1.90 bits per heavy atom. The number of anilines is 1. The van der Waals surface area contributed by atoms with Gasteiger partial charge in [-0.05, 0) is 130 Å². The number of nitrogens with zero attached hydrogens (tertiary/aromatic N) is 1. The molecule has 4 aromatic carbocycles. The molecule has 62 heavy (non-hydrogen) atoms. The Morgan fingerprint density at radius 1 is 0.661 bits per heavy atom. The number of esters is 4. The highest BCUT2D eigenvalue weighted by Gasteiger charge is 2.35. The van der Waals surface area contributed by atoms with Crippen molar-refractivity contribution in [2.45, 2.75) is 96.8 Å². The molecule has 0 aliphatic heterocycles. The van der Waals surface area contributed by atoms with Gasteiger partial charge in [0.15, 0.2) is 5.76 Å². The van der Waals surface area contributed by atoms with Gasteiger partial charge in [0.25, 0.3) is 0 Å². The zero-order chi connectivity index (χ0) is 43.4. The van der Waals surface area contributed by atoms with E-state index in [2.05, 4.69) is 30.1 Å². The van der Waals surface area contributed by atoms with Crippen LogP contribution in [0.2, 0.25) is 0 Å². The quantitative estimate of drug-likeness (QED) is 0.0220. The summed E-state index contributed by atoms with van der Waals surface area (Å²) in [6.45, 7) is 6.20. The van der Waals surface area contributed by atoms with Crippen molar-refractivity contribution < 1.29 is 42.9 Å². The Hall–Kier alpha value is -5.71. The molecule has 3 saturated carbocycles. The molecule has 7 rings (SSSR count). The maximum atomic E-state index is 13.9. The second-order valence-electron chi connectivity index (χ2n) is 17.4. The lowest BCUT2D eigenvalue weighted by Gasteiger charge is -2.36. The standard InChI is InChI=1S/C51H60N2O9/c1-33-14-16-36(17-15-33)37-18-20-39(21-19-37)50(56)61-46-31-42(32-52-53-43-27-26-35-10-4-5-11-41(35)30-43)47(45-13-7-6-12-44(45)46)62-51(57)40-24-22-38(23-25-40)49(55)60-29-9-8-28-59-48(54)34(2)58-3/h4-7,10-13,26-27,30-33,36-40,53H,2,8-9,14-25,28-29H2,1,3H3/b52-32+. The molecule has 0 bridgehead atoms. The topological polar surface area (TPSA) is 139 Å². The number of hydrogen-bond acceptors (Lipinski definition) is 11. The van der Waals surface area contributed by atoms with Gasteiger partial charge < -0.3 is 23.7 Å². The summed E-state index contributed by atoms with van der Waals surface area (Å²) >= 11 is 0. The molecule has 0 saturated heterocycles. The van der Waals surface area contributed by atoms with Crippen molar-refractivity contribution in [1.82, 2.24) is 0 Å². The third-order valence-electron chi connectivity index (χ3n) is 13.3. The van der Waals surface area contributed by atoms with Gasteiger partial charge in [0.1, 0.15) is 11.5 Å². The molecule has 11 nitrogen and oxygen atoms in total. The minimum absolute atomic E-state index is 0.0641. The molecule has 0 aromatic heterocycles. The Balaban J connectivity index is 1.01. The zero-order valence-electron chi connectivity index (χ0n) is 36.1. The fourth-order valence-electron chi connectivity index (χ4n) is 9.41. The Labute approximate surface area is 364 Å². The van der Waals surface area contributed by atoms with Gasteiger partial charge in [-0.2, -0.15) is 5.10 Å². The summed E-state index contributed by atoms with van der Waals surface area (Å²) in [6.07, 6.45) is 13.6. The second kappa shape index (κ2) is 21.4. The SMILES string of the molecule is C=C(OC)C(=O)OCCCCOC(=O)C1CCC(C(=O)Oc2c(/C=N/Nc3ccc4ccccc4c3)cc(OC(=O)C3CCC(C4CCC(C)CC4)CC3)c3ccccc23)CC1. The molecule has 3 aliphatic rings. The Bertz CT molecular complexity index is 2240. The monoisotopic (exact) mass is 844 g/mol. The van der Waals surface area contributed by atoms with Crippen molar-refractivity contribution in [2.75, 3.05) is 25.7 Å². The summed E-state index contributed by atoms with van der Waals surface area (Å²) in [4.78, 5) is 52.3. The van der Waals surface area contributed by atoms with Crippen LogP contribution in [0.3, 0.4) is 0 Å². The Morgan fingerprint density at radius 2 is 1.23 bits per heavy atom. The molecule has 0 spiro atoms. The molecule has 328 valence electrons. The molecular weight excluding hydrogens is 785 g/mol. The van der Waals surface area contributed by atoms with Crippen molar-refractivity contribution in [2.24, 2.45) is 40.6 Å². The lowest BCUT2D eigenvalue weighted by atomic mass is 9.69. The molecule has 0 amide bonds. The van der Waals surface area contributed by atoms with Gasteiger partial charge in [0, 0.05) is 16.3 Å². The average molecular weight is 845 g/mol. The van der Waals surface area contributed by atoms with Crippen LogP contribution in [-0.4, -0.2) is 50.4 Å². The molecule has 0 radical (unpaired) electrons. The number of rotatable bonds is 16. The van der Waals surface area contributed by atoms with Crippen LogP contribution >= 0.6 is 0 Å². The van der Waals surface area contributed by atoms with Gasteiger partial charge in [0.05, 0.1) is 50.0 Å². The maximum absolute atomic E-state index is 13.9. The molecule has 0 atom stereocenters. The summed E-state index contributed by atoms with van der Waals surface area (Å²) in [5, 5.41) is 8.05. The number of hydrazone groups is 1. The van der Waals surface area contributed by atoms with E-state index in [0.717, 1.165) is 54.0 Å². The van der Waals surface area contributed by atoms with E-state index in [9.17, 15) is 19.2 Å². The molecule has 4 aromatic rings. The lowest BCUT2D eigenvalue weighted by Crippen LogP contribution is -2.30. The van der Waals surface area contributed by atoms with E-state index in [1.165, 1.54) is 32.8 Å². The minimum atomic E-state index is -0.615. The van der Waals surface area contributed by atoms with Crippen molar-refractivity contribution in [3.8, 4) is 11.5 Å². The van der Waals surface area contributed by atoms with Crippen LogP contribution in [0.5, 0.6) is 11.5 Å². The minimum Gasteiger partial charge on any atom is -0.490 e. The highest BCUT2D eigenvalue weighted by molar-refractivity contribution is 6.03. The molecule has 1 N–H and O–H groups in total. The highest BCUT2D eigenvalue weighted by atomic mass is 16.6. The van der Waals surface area contributed by atoms with E-state index < -0.39 is 17.9 Å². The summed E-state index contributed by atoms with van der Waals surface area (Å²) < 4.78 is 27.9. The first-order valence-electron chi connectivity index (χ1n) is 22.5. The predicted octanol–water partition coefficient (Wildman–Crippen LogP) is 10.7. The molecule has 3 aliphatic carbocycles. The zero-order valence-corrected chi connectivity index (χ0v) is 36.1. The number of nitrogens with one attached hydrogen (secondary N) is 1. The van der Waals surface area contributed by atoms with Crippen LogP contribution in [0.15, 0.2) is 90.2 Å². The van der Waals surface area contributed by atoms with Crippen LogP contribution in [-0.2, 0) is 33.4 Å². The number of benzene rings is 4. The van der Waals surface area contributed by atoms with Crippen LogP contribution in [0.25, 0.3) is 21.5 Å². The number of carbonyl (C=O) groups excluding carboxylic acids is 4. The number of methoxy groups -OCH3 is 1. The van der Waals surface area contributed by atoms with Gasteiger partial charge in [-0.15, -0.1) is 0 Å². The second-order valence-corrected chi connectivity index (χ2v) is 17.4. The summed E-state index contributed by atoms with van der Waals surface area (Å²) in [5.74, 6) is 0.536. The van der Waals surface area contributed by atoms with Crippen LogP contribution in [0.1, 0.15) is 102 Å². The first-order valence-corrected chi connectivity index (χ1v) is 22.5. The number of ether oxygens (including phenoxy) is 5. The van der Waals surface area contributed by atoms with Crippen LogP contribution in [0.4, 0.5) is 5.69 Å². The van der Waals surface area contributed by atoms with Crippen LogP contribution < -0.4 is 14.9 Å². The average Bonchev–Trinajstić information content (AvgIpc) is 3.31. The molecule has 0 heterocycles. The lowest BCUT2D eigenvalue weighted by molar-refractivity contribution is -0.152. The third kappa shape index (κ3) is 11.4. The van der Waals surface area contributed by atoms with Crippen molar-refractivity contribution in [1.29, 1.82) is 0 Å². The molecule has 3 fully saturated rings. The number of fused-ring (bicyclic) bond motifs is 2. The summed E-state index contributed by atoms with van der Waals surface area (Å²) in [6, 6.07) is 23.3. The Kier molecular flexibility index (Phi) is 15.3. The van der Waals surface area contributed by atoms with Gasteiger partial charge in [-0.1, -0.05) is 74.4 Å². The van der Waals surface area contributed by atoms with E-state index in [4.69, 9.17) is 23.7 Å². The van der Waals surface area contributed by atoms with E-state index in [1.54, 1.807) is 12.3 Å². The fourth-order valence-corrected chi connectivity index (χ4v) is 9.41. The summed E-state index contributed by atoms with van der Waals surface area (Å²) in [7, 11) is 1.35. The van der Waals surface area contributed by atoms with Gasteiger partial charge in [-0.3, -0.25) is 19.8 Å². The van der Waals surface area contributed by atoms with Crippen molar-refractivity contribution in [3.05, 3.63) is 90.7 Å². The van der Waals surface area contributed by atoms with E-state index in [-0.39, 0.29) is 42.7 Å². The van der Waals surface area contributed by atoms with Crippen molar-refractivity contribution >= 4 is 57.3 Å². The van der Waals surface area contributed by atoms with E-state index in [1.807, 2.05) is 60.7 Å². The molecular formula is C51H60N2O9. The van der Waals surface area contributed by atoms with Gasteiger partial charge >= 0.3 is 23.9 Å². The van der Waals surface area contributed by atoms with Gasteiger partial charge in [-0.25, -0.2) is 4.79 Å². The predicted molar refractivity (Wildman–Crippen MR) is 240 cm³/mol.